The van der Waals surface area contributed by atoms with Crippen LogP contribution in [-0.4, -0.2) is 58.2 Å². The van der Waals surface area contributed by atoms with Gasteiger partial charge < -0.3 is 15.0 Å². The van der Waals surface area contributed by atoms with Gasteiger partial charge in [0.25, 0.3) is 5.91 Å². The van der Waals surface area contributed by atoms with E-state index >= 15 is 0 Å². The van der Waals surface area contributed by atoms with E-state index in [4.69, 9.17) is 4.74 Å². The smallest absolute Gasteiger partial charge is 0.257 e. The van der Waals surface area contributed by atoms with E-state index in [1.54, 1.807) is 24.0 Å². The van der Waals surface area contributed by atoms with Crippen molar-refractivity contribution < 1.29 is 9.53 Å². The molecule has 4 rings (SSSR count). The van der Waals surface area contributed by atoms with Crippen LogP contribution in [0.1, 0.15) is 30.1 Å². The van der Waals surface area contributed by atoms with Crippen molar-refractivity contribution in [1.82, 2.24) is 24.8 Å². The van der Waals surface area contributed by atoms with Crippen LogP contribution in [-0.2, 0) is 0 Å². The molecule has 1 saturated heterocycles. The van der Waals surface area contributed by atoms with Crippen molar-refractivity contribution >= 4 is 11.6 Å². The lowest BCUT2D eigenvalue weighted by molar-refractivity contribution is 0.0933. The lowest BCUT2D eigenvalue weighted by Gasteiger charge is -2.20. The van der Waals surface area contributed by atoms with Crippen LogP contribution in [0.3, 0.4) is 0 Å². The summed E-state index contributed by atoms with van der Waals surface area (Å²) < 4.78 is 6.93. The minimum absolute atomic E-state index is 0.0744. The van der Waals surface area contributed by atoms with Crippen molar-refractivity contribution in [3.8, 4) is 17.0 Å². The second-order valence-electron chi connectivity index (χ2n) is 7.23. The van der Waals surface area contributed by atoms with Crippen molar-refractivity contribution in [2.75, 3.05) is 26.7 Å². The van der Waals surface area contributed by atoms with Gasteiger partial charge in [-0.3, -0.25) is 4.79 Å². The van der Waals surface area contributed by atoms with Gasteiger partial charge in [-0.05, 0) is 63.2 Å². The first-order chi connectivity index (χ1) is 13.7. The third kappa shape index (κ3) is 3.71. The van der Waals surface area contributed by atoms with Gasteiger partial charge in [0, 0.05) is 24.3 Å². The Hall–Kier alpha value is -2.93. The fourth-order valence-electron chi connectivity index (χ4n) is 3.73. The minimum atomic E-state index is -0.138. The number of amides is 1. The molecule has 0 saturated carbocycles. The summed E-state index contributed by atoms with van der Waals surface area (Å²) in [6, 6.07) is 9.70. The fourth-order valence-corrected chi connectivity index (χ4v) is 3.73. The maximum absolute atomic E-state index is 12.8. The molecule has 3 aromatic rings. The van der Waals surface area contributed by atoms with Gasteiger partial charge in [-0.15, -0.1) is 0 Å². The summed E-state index contributed by atoms with van der Waals surface area (Å²) in [6.45, 7) is 5.14. The van der Waals surface area contributed by atoms with Gasteiger partial charge in [-0.1, -0.05) is 0 Å². The molecule has 7 nitrogen and oxygen atoms in total. The van der Waals surface area contributed by atoms with Crippen LogP contribution in [0.5, 0.6) is 5.75 Å². The normalized spacial score (nSPS) is 15.6. The summed E-state index contributed by atoms with van der Waals surface area (Å²) in [5, 5.41) is 7.51. The van der Waals surface area contributed by atoms with Crippen LogP contribution in [0.4, 0.5) is 0 Å². The maximum Gasteiger partial charge on any atom is 0.257 e. The number of hydrogen-bond donors (Lipinski definition) is 1. The van der Waals surface area contributed by atoms with E-state index in [-0.39, 0.29) is 11.9 Å². The van der Waals surface area contributed by atoms with E-state index in [1.165, 1.54) is 12.8 Å². The van der Waals surface area contributed by atoms with Gasteiger partial charge in [0.15, 0.2) is 5.65 Å². The molecule has 1 amide bonds. The highest BCUT2D eigenvalue weighted by Gasteiger charge is 2.20. The second kappa shape index (κ2) is 7.98. The Balaban J connectivity index is 1.56. The highest BCUT2D eigenvalue weighted by Crippen LogP contribution is 2.23. The van der Waals surface area contributed by atoms with Crippen LogP contribution < -0.4 is 10.1 Å². The maximum atomic E-state index is 12.8. The Morgan fingerprint density at radius 3 is 2.68 bits per heavy atom. The number of carbonyl (C=O) groups is 1. The SMILES string of the molecule is COc1ccc(-c2ccnc3c(C(=O)N[C@@H](C)CN4CCCC4)cnn23)cc1. The predicted molar refractivity (Wildman–Crippen MR) is 108 cm³/mol. The molecule has 7 heteroatoms. The van der Waals surface area contributed by atoms with Gasteiger partial charge >= 0.3 is 0 Å². The van der Waals surface area contributed by atoms with E-state index in [0.717, 1.165) is 36.6 Å². The number of carbonyl (C=O) groups excluding carboxylic acids is 1. The van der Waals surface area contributed by atoms with Crippen molar-refractivity contribution in [3.05, 3.63) is 48.3 Å². The molecule has 1 atom stereocenters. The van der Waals surface area contributed by atoms with Crippen LogP contribution in [0.15, 0.2) is 42.7 Å². The Bertz CT molecular complexity index is 961. The van der Waals surface area contributed by atoms with Crippen LogP contribution >= 0.6 is 0 Å². The summed E-state index contributed by atoms with van der Waals surface area (Å²) in [7, 11) is 1.64. The molecule has 1 aromatic carbocycles. The van der Waals surface area contributed by atoms with Crippen molar-refractivity contribution in [2.45, 2.75) is 25.8 Å². The molecule has 1 fully saturated rings. The average Bonchev–Trinajstić information content (AvgIpc) is 3.37. The Labute approximate surface area is 164 Å². The zero-order chi connectivity index (χ0) is 19.5. The molecule has 1 aliphatic rings. The van der Waals surface area contributed by atoms with Gasteiger partial charge in [0.1, 0.15) is 11.3 Å². The van der Waals surface area contributed by atoms with Gasteiger partial charge in [-0.25, -0.2) is 9.50 Å². The molecular formula is C21H25N5O2. The van der Waals surface area contributed by atoms with Crippen molar-refractivity contribution in [2.24, 2.45) is 0 Å². The first-order valence-corrected chi connectivity index (χ1v) is 9.66. The Morgan fingerprint density at radius 2 is 1.96 bits per heavy atom. The number of ether oxygens (including phenoxy) is 1. The lowest BCUT2D eigenvalue weighted by atomic mass is 10.1. The summed E-state index contributed by atoms with van der Waals surface area (Å²) in [6.07, 6.45) is 5.79. The zero-order valence-corrected chi connectivity index (χ0v) is 16.3. The quantitative estimate of drug-likeness (QED) is 0.713. The van der Waals surface area contributed by atoms with Gasteiger partial charge in [0.05, 0.1) is 19.0 Å². The zero-order valence-electron chi connectivity index (χ0n) is 16.3. The molecule has 146 valence electrons. The number of nitrogens with zero attached hydrogens (tertiary/aromatic N) is 4. The molecule has 2 aromatic heterocycles. The number of rotatable bonds is 6. The largest absolute Gasteiger partial charge is 0.497 e. The highest BCUT2D eigenvalue weighted by molar-refractivity contribution is 6.00. The molecule has 28 heavy (non-hydrogen) atoms. The lowest BCUT2D eigenvalue weighted by Crippen LogP contribution is -2.41. The first kappa shape index (κ1) is 18.4. The van der Waals surface area contributed by atoms with Crippen LogP contribution in [0.25, 0.3) is 16.9 Å². The average molecular weight is 379 g/mol. The molecule has 0 bridgehead atoms. The summed E-state index contributed by atoms with van der Waals surface area (Å²) in [5.74, 6) is 0.655. The topological polar surface area (TPSA) is 71.8 Å². The molecular weight excluding hydrogens is 354 g/mol. The number of methoxy groups -OCH3 is 1. The highest BCUT2D eigenvalue weighted by atomic mass is 16.5. The number of likely N-dealkylation sites (tertiary alicyclic amines) is 1. The molecule has 0 aliphatic carbocycles. The summed E-state index contributed by atoms with van der Waals surface area (Å²) >= 11 is 0. The molecule has 0 spiro atoms. The third-order valence-corrected chi connectivity index (χ3v) is 5.14. The molecule has 0 radical (unpaired) electrons. The number of nitrogens with one attached hydrogen (secondary N) is 1. The van der Waals surface area contributed by atoms with E-state index in [2.05, 4.69) is 20.3 Å². The van der Waals surface area contributed by atoms with E-state index in [0.29, 0.717) is 11.2 Å². The Kier molecular flexibility index (Phi) is 5.25. The summed E-state index contributed by atoms with van der Waals surface area (Å²) in [5.41, 5.74) is 2.89. The van der Waals surface area contributed by atoms with Crippen molar-refractivity contribution in [3.63, 3.8) is 0 Å². The van der Waals surface area contributed by atoms with Gasteiger partial charge in [-0.2, -0.15) is 5.10 Å². The monoisotopic (exact) mass is 379 g/mol. The number of benzene rings is 1. The van der Waals surface area contributed by atoms with Crippen LogP contribution in [0, 0.1) is 0 Å². The molecule has 0 unspecified atom stereocenters. The third-order valence-electron chi connectivity index (χ3n) is 5.14. The Morgan fingerprint density at radius 1 is 1.21 bits per heavy atom. The fraction of sp³-hybridized carbons (Fsp3) is 0.381. The second-order valence-corrected chi connectivity index (χ2v) is 7.23. The van der Waals surface area contributed by atoms with E-state index in [9.17, 15) is 4.79 Å². The van der Waals surface area contributed by atoms with E-state index in [1.807, 2.05) is 37.3 Å². The van der Waals surface area contributed by atoms with Crippen LogP contribution in [0.2, 0.25) is 0 Å². The summed E-state index contributed by atoms with van der Waals surface area (Å²) in [4.78, 5) is 19.6. The number of aromatic nitrogens is 3. The number of hydrogen-bond acceptors (Lipinski definition) is 5. The minimum Gasteiger partial charge on any atom is -0.497 e. The molecule has 3 heterocycles. The van der Waals surface area contributed by atoms with Gasteiger partial charge in [0.2, 0.25) is 0 Å². The standard InChI is InChI=1S/C21H25N5O2/c1-15(14-25-11-3-4-12-25)24-21(27)18-13-23-26-19(9-10-22-20(18)26)16-5-7-17(28-2)8-6-16/h5-10,13,15H,3-4,11-12,14H2,1-2H3,(H,24,27)/t15-/m0/s1. The predicted octanol–water partition coefficient (Wildman–Crippen LogP) is 2.62. The molecule has 1 N–H and O–H groups in total. The van der Waals surface area contributed by atoms with E-state index < -0.39 is 0 Å². The molecule has 1 aliphatic heterocycles. The first-order valence-electron chi connectivity index (χ1n) is 9.66. The number of fused-ring (bicyclic) bond motifs is 1. The van der Waals surface area contributed by atoms with Crippen molar-refractivity contribution in [1.29, 1.82) is 0 Å².